The third kappa shape index (κ3) is 2.68. The van der Waals surface area contributed by atoms with Crippen LogP contribution in [0, 0.1) is 6.92 Å². The van der Waals surface area contributed by atoms with Gasteiger partial charge in [-0.05, 0) is 37.4 Å². The number of carbonyl (C=O) groups excluding carboxylic acids is 1. The molecule has 0 fully saturated rings. The molecule has 0 spiro atoms. The van der Waals surface area contributed by atoms with Crippen LogP contribution >= 0.6 is 11.8 Å². The first-order valence-electron chi connectivity index (χ1n) is 5.16. The Hall–Kier alpha value is -1.75. The first-order valence-corrected chi connectivity index (χ1v) is 6.38. The van der Waals surface area contributed by atoms with E-state index in [-0.39, 0.29) is 5.91 Å². The molecule has 0 radical (unpaired) electrons. The van der Waals surface area contributed by atoms with Crippen LogP contribution in [-0.2, 0) is 0 Å². The average molecular weight is 247 g/mol. The van der Waals surface area contributed by atoms with Crippen LogP contribution in [-0.4, -0.2) is 22.4 Å². The minimum Gasteiger partial charge on any atom is -0.307 e. The first-order chi connectivity index (χ1) is 8.20. The van der Waals surface area contributed by atoms with Gasteiger partial charge >= 0.3 is 0 Å². The number of hydrogen-bond acceptors (Lipinski definition) is 3. The second-order valence-electron chi connectivity index (χ2n) is 3.61. The van der Waals surface area contributed by atoms with Crippen LogP contribution in [0.1, 0.15) is 15.9 Å². The van der Waals surface area contributed by atoms with Crippen molar-refractivity contribution in [2.75, 3.05) is 11.6 Å². The molecular weight excluding hydrogens is 234 g/mol. The maximum absolute atomic E-state index is 11.9. The van der Waals surface area contributed by atoms with Gasteiger partial charge in [-0.2, -0.15) is 5.10 Å². The van der Waals surface area contributed by atoms with E-state index in [9.17, 15) is 4.79 Å². The van der Waals surface area contributed by atoms with Gasteiger partial charge in [0.25, 0.3) is 5.91 Å². The monoisotopic (exact) mass is 247 g/mol. The molecule has 1 aromatic heterocycles. The lowest BCUT2D eigenvalue weighted by Gasteiger charge is -2.04. The lowest BCUT2D eigenvalue weighted by Crippen LogP contribution is -2.12. The molecule has 0 aliphatic carbocycles. The number of H-pyrrole nitrogens is 1. The minimum atomic E-state index is -0.134. The van der Waals surface area contributed by atoms with Gasteiger partial charge in [-0.3, -0.25) is 9.89 Å². The molecule has 0 saturated heterocycles. The smallest absolute Gasteiger partial charge is 0.256 e. The molecular formula is C12H13N3OS. The predicted octanol–water partition coefficient (Wildman–Crippen LogP) is 2.69. The average Bonchev–Trinajstić information content (AvgIpc) is 2.75. The minimum absolute atomic E-state index is 0.134. The van der Waals surface area contributed by atoms with Crippen LogP contribution in [0.25, 0.3) is 0 Å². The molecule has 88 valence electrons. The summed E-state index contributed by atoms with van der Waals surface area (Å²) in [7, 11) is 0. The van der Waals surface area contributed by atoms with Crippen molar-refractivity contribution >= 4 is 23.5 Å². The SMILES string of the molecule is CSc1ccc(C(=O)Nc2[nH]ncc2C)cc1. The van der Waals surface area contributed by atoms with Crippen LogP contribution in [0.3, 0.4) is 0 Å². The van der Waals surface area contributed by atoms with Gasteiger partial charge < -0.3 is 5.32 Å². The second kappa shape index (κ2) is 5.05. The summed E-state index contributed by atoms with van der Waals surface area (Å²) in [5.41, 5.74) is 1.55. The Labute approximate surface area is 104 Å². The number of nitrogens with zero attached hydrogens (tertiary/aromatic N) is 1. The summed E-state index contributed by atoms with van der Waals surface area (Å²) >= 11 is 1.65. The Kier molecular flexibility index (Phi) is 3.49. The molecule has 1 amide bonds. The number of rotatable bonds is 3. The van der Waals surface area contributed by atoms with Gasteiger partial charge in [-0.1, -0.05) is 0 Å². The third-order valence-corrected chi connectivity index (χ3v) is 3.16. The van der Waals surface area contributed by atoms with Crippen molar-refractivity contribution in [3.63, 3.8) is 0 Å². The van der Waals surface area contributed by atoms with Crippen LogP contribution in [0.5, 0.6) is 0 Å². The highest BCUT2D eigenvalue weighted by Gasteiger charge is 2.08. The molecule has 0 saturated carbocycles. The summed E-state index contributed by atoms with van der Waals surface area (Å²) in [5, 5.41) is 9.38. The molecule has 4 nitrogen and oxygen atoms in total. The highest BCUT2D eigenvalue weighted by atomic mass is 32.2. The number of anilines is 1. The highest BCUT2D eigenvalue weighted by Crippen LogP contribution is 2.16. The van der Waals surface area contributed by atoms with Crippen molar-refractivity contribution in [3.05, 3.63) is 41.6 Å². The number of nitrogens with one attached hydrogen (secondary N) is 2. The van der Waals surface area contributed by atoms with E-state index in [0.29, 0.717) is 11.4 Å². The summed E-state index contributed by atoms with van der Waals surface area (Å²) in [6.07, 6.45) is 3.68. The summed E-state index contributed by atoms with van der Waals surface area (Å²) in [5.74, 6) is 0.508. The van der Waals surface area contributed by atoms with E-state index >= 15 is 0 Å². The van der Waals surface area contributed by atoms with Crippen LogP contribution < -0.4 is 5.32 Å². The lowest BCUT2D eigenvalue weighted by atomic mass is 10.2. The largest absolute Gasteiger partial charge is 0.307 e. The number of aromatic amines is 1. The Morgan fingerprint density at radius 3 is 2.59 bits per heavy atom. The third-order valence-electron chi connectivity index (χ3n) is 2.42. The number of hydrogen-bond donors (Lipinski definition) is 2. The summed E-state index contributed by atoms with van der Waals surface area (Å²) < 4.78 is 0. The van der Waals surface area contributed by atoms with E-state index in [1.165, 1.54) is 0 Å². The summed E-state index contributed by atoms with van der Waals surface area (Å²) in [6.45, 7) is 1.88. The molecule has 0 unspecified atom stereocenters. The second-order valence-corrected chi connectivity index (χ2v) is 4.49. The zero-order valence-electron chi connectivity index (χ0n) is 9.65. The van der Waals surface area contributed by atoms with E-state index in [1.807, 2.05) is 37.4 Å². The quantitative estimate of drug-likeness (QED) is 0.820. The van der Waals surface area contributed by atoms with Crippen molar-refractivity contribution in [3.8, 4) is 0 Å². The Balaban J connectivity index is 2.12. The van der Waals surface area contributed by atoms with Gasteiger partial charge in [0.15, 0.2) is 0 Å². The van der Waals surface area contributed by atoms with Gasteiger partial charge in [0.1, 0.15) is 5.82 Å². The Morgan fingerprint density at radius 1 is 1.35 bits per heavy atom. The molecule has 2 N–H and O–H groups in total. The molecule has 1 heterocycles. The van der Waals surface area contributed by atoms with Gasteiger partial charge in [0.05, 0.1) is 6.20 Å². The molecule has 0 bridgehead atoms. The van der Waals surface area contributed by atoms with E-state index in [1.54, 1.807) is 18.0 Å². The predicted molar refractivity (Wildman–Crippen MR) is 69.5 cm³/mol. The summed E-state index contributed by atoms with van der Waals surface area (Å²) in [4.78, 5) is 13.0. The number of carbonyl (C=O) groups is 1. The first kappa shape index (κ1) is 11.7. The zero-order valence-corrected chi connectivity index (χ0v) is 10.5. The van der Waals surface area contributed by atoms with Crippen molar-refractivity contribution in [2.45, 2.75) is 11.8 Å². The lowest BCUT2D eigenvalue weighted by molar-refractivity contribution is 0.102. The van der Waals surface area contributed by atoms with E-state index in [4.69, 9.17) is 0 Å². The molecule has 0 aliphatic heterocycles. The number of thioether (sulfide) groups is 1. The molecule has 1 aromatic carbocycles. The number of amides is 1. The molecule has 17 heavy (non-hydrogen) atoms. The fourth-order valence-electron chi connectivity index (χ4n) is 1.40. The zero-order chi connectivity index (χ0) is 12.3. The van der Waals surface area contributed by atoms with E-state index in [2.05, 4.69) is 15.5 Å². The molecule has 2 rings (SSSR count). The van der Waals surface area contributed by atoms with Gasteiger partial charge in [0, 0.05) is 16.0 Å². The maximum atomic E-state index is 11.9. The molecule has 0 aliphatic rings. The Bertz CT molecular complexity index is 519. The van der Waals surface area contributed by atoms with Crippen LogP contribution in [0.4, 0.5) is 5.82 Å². The van der Waals surface area contributed by atoms with Crippen molar-refractivity contribution in [1.29, 1.82) is 0 Å². The fraction of sp³-hybridized carbons (Fsp3) is 0.167. The van der Waals surface area contributed by atoms with Gasteiger partial charge in [0.2, 0.25) is 0 Å². The van der Waals surface area contributed by atoms with E-state index in [0.717, 1.165) is 10.5 Å². The van der Waals surface area contributed by atoms with Gasteiger partial charge in [-0.25, -0.2) is 0 Å². The van der Waals surface area contributed by atoms with Crippen molar-refractivity contribution in [2.24, 2.45) is 0 Å². The fourth-order valence-corrected chi connectivity index (χ4v) is 1.81. The molecule has 0 atom stereocenters. The molecule has 5 heteroatoms. The van der Waals surface area contributed by atoms with Crippen LogP contribution in [0.2, 0.25) is 0 Å². The number of aryl methyl sites for hydroxylation is 1. The summed E-state index contributed by atoms with van der Waals surface area (Å²) in [6, 6.07) is 7.48. The van der Waals surface area contributed by atoms with Crippen molar-refractivity contribution < 1.29 is 4.79 Å². The number of benzene rings is 1. The van der Waals surface area contributed by atoms with Crippen molar-refractivity contribution in [1.82, 2.24) is 10.2 Å². The molecule has 2 aromatic rings. The van der Waals surface area contributed by atoms with Crippen LogP contribution in [0.15, 0.2) is 35.4 Å². The normalized spacial score (nSPS) is 10.2. The Morgan fingerprint density at radius 2 is 2.06 bits per heavy atom. The van der Waals surface area contributed by atoms with E-state index < -0.39 is 0 Å². The highest BCUT2D eigenvalue weighted by molar-refractivity contribution is 7.98. The standard InChI is InChI=1S/C12H13N3OS/c1-8-7-13-15-11(8)14-12(16)9-3-5-10(17-2)6-4-9/h3-7H,1-2H3,(H2,13,14,15,16). The topological polar surface area (TPSA) is 57.8 Å². The van der Waals surface area contributed by atoms with Gasteiger partial charge in [-0.15, -0.1) is 11.8 Å². The number of aromatic nitrogens is 2. The maximum Gasteiger partial charge on any atom is 0.256 e.